The van der Waals surface area contributed by atoms with Gasteiger partial charge in [0.15, 0.2) is 0 Å². The maximum Gasteiger partial charge on any atom is 0.271 e. The molecule has 7 nitrogen and oxygen atoms in total. The average Bonchev–Trinajstić information content (AvgIpc) is 3.23. The van der Waals surface area contributed by atoms with E-state index in [1.54, 1.807) is 16.8 Å². The van der Waals surface area contributed by atoms with Gasteiger partial charge in [-0.2, -0.15) is 10.2 Å². The van der Waals surface area contributed by atoms with E-state index in [2.05, 4.69) is 32.1 Å². The quantitative estimate of drug-likeness (QED) is 0.319. The number of amides is 1. The number of aromatic nitrogens is 4. The van der Waals surface area contributed by atoms with Gasteiger partial charge in [0.1, 0.15) is 11.0 Å². The lowest BCUT2D eigenvalue weighted by atomic mass is 10.2. The van der Waals surface area contributed by atoms with Crippen LogP contribution in [0.3, 0.4) is 0 Å². The predicted octanol–water partition coefficient (Wildman–Crippen LogP) is 4.99. The number of carbonyl (C=O) groups excluding carboxylic acids is 1. The van der Waals surface area contributed by atoms with E-state index in [9.17, 15) is 4.79 Å². The topological polar surface area (TPSA) is 77.1 Å². The van der Waals surface area contributed by atoms with Gasteiger partial charge in [0.25, 0.3) is 5.91 Å². The number of carbonyl (C=O) groups is 1. The number of nitrogens with one attached hydrogen (secondary N) is 1. The Balaban J connectivity index is 1.48. The summed E-state index contributed by atoms with van der Waals surface area (Å²) in [5, 5.41) is 9.68. The van der Waals surface area contributed by atoms with E-state index < -0.39 is 0 Å². The number of aryl methyl sites for hydroxylation is 3. The Morgan fingerprint density at radius 3 is 2.62 bits per heavy atom. The molecular formula is C23H22Cl2N6O. The van der Waals surface area contributed by atoms with Crippen molar-refractivity contribution in [2.45, 2.75) is 33.9 Å². The van der Waals surface area contributed by atoms with Crippen molar-refractivity contribution in [1.82, 2.24) is 24.8 Å². The molecule has 0 aliphatic rings. The number of halogens is 2. The summed E-state index contributed by atoms with van der Waals surface area (Å²) >= 11 is 12.4. The molecule has 0 aliphatic carbocycles. The second-order valence-corrected chi connectivity index (χ2v) is 8.17. The van der Waals surface area contributed by atoms with Gasteiger partial charge in [0, 0.05) is 17.1 Å². The smallest absolute Gasteiger partial charge is 0.271 e. The van der Waals surface area contributed by atoms with Gasteiger partial charge >= 0.3 is 0 Å². The number of fused-ring (bicyclic) bond motifs is 1. The third-order valence-corrected chi connectivity index (χ3v) is 5.88. The lowest BCUT2D eigenvalue weighted by Gasteiger charge is -2.04. The van der Waals surface area contributed by atoms with Crippen LogP contribution in [0.1, 0.15) is 39.9 Å². The third-order valence-electron chi connectivity index (χ3n) is 5.23. The SMILES string of the molecule is CCn1c(C)nc2cc(C(=O)NN=Cc3c(C)nn(Cc4ccc(Cl)cc4)c3Cl)ccc21. The monoisotopic (exact) mass is 468 g/mol. The molecular weight excluding hydrogens is 447 g/mol. The summed E-state index contributed by atoms with van der Waals surface area (Å²) in [4.78, 5) is 17.1. The Bertz CT molecular complexity index is 1320. The Morgan fingerprint density at radius 1 is 1.16 bits per heavy atom. The summed E-state index contributed by atoms with van der Waals surface area (Å²) in [6.07, 6.45) is 1.51. The van der Waals surface area contributed by atoms with Crippen LogP contribution in [0, 0.1) is 13.8 Å². The minimum Gasteiger partial charge on any atom is -0.329 e. The Labute approximate surface area is 195 Å². The van der Waals surface area contributed by atoms with E-state index in [1.165, 1.54) is 6.21 Å². The molecule has 2 aromatic heterocycles. The van der Waals surface area contributed by atoms with Crippen LogP contribution in [0.2, 0.25) is 10.2 Å². The lowest BCUT2D eigenvalue weighted by Crippen LogP contribution is -2.17. The molecule has 32 heavy (non-hydrogen) atoms. The largest absolute Gasteiger partial charge is 0.329 e. The molecule has 2 aromatic carbocycles. The molecule has 4 rings (SSSR count). The molecule has 0 fully saturated rings. The molecule has 164 valence electrons. The first-order valence-corrected chi connectivity index (χ1v) is 10.9. The molecule has 1 amide bonds. The fraction of sp³-hybridized carbons (Fsp3) is 0.217. The van der Waals surface area contributed by atoms with Crippen LogP contribution in [0.4, 0.5) is 0 Å². The zero-order chi connectivity index (χ0) is 22.8. The summed E-state index contributed by atoms with van der Waals surface area (Å²) in [5.41, 5.74) is 7.20. The van der Waals surface area contributed by atoms with Crippen molar-refractivity contribution in [2.24, 2.45) is 5.10 Å². The lowest BCUT2D eigenvalue weighted by molar-refractivity contribution is 0.0955. The van der Waals surface area contributed by atoms with Crippen LogP contribution in [-0.2, 0) is 13.1 Å². The molecule has 0 saturated carbocycles. The van der Waals surface area contributed by atoms with E-state index in [-0.39, 0.29) is 5.91 Å². The van der Waals surface area contributed by atoms with Crippen LogP contribution in [0.25, 0.3) is 11.0 Å². The first-order chi connectivity index (χ1) is 15.4. The number of hydrogen-bond acceptors (Lipinski definition) is 4. The predicted molar refractivity (Wildman–Crippen MR) is 128 cm³/mol. The molecule has 1 N–H and O–H groups in total. The van der Waals surface area contributed by atoms with Gasteiger partial charge in [-0.1, -0.05) is 35.3 Å². The highest BCUT2D eigenvalue weighted by molar-refractivity contribution is 6.32. The van der Waals surface area contributed by atoms with E-state index in [0.717, 1.165) is 29.0 Å². The average molecular weight is 469 g/mol. The standard InChI is InChI=1S/C23H22Cl2N6O/c1-4-30-15(3)27-20-11-17(7-10-21(20)30)23(32)28-26-12-19-14(2)29-31(22(19)25)13-16-5-8-18(24)9-6-16/h5-12H,4,13H2,1-3H3,(H,28,32). The number of benzene rings is 2. The normalized spacial score (nSPS) is 11.5. The first-order valence-electron chi connectivity index (χ1n) is 10.1. The van der Waals surface area contributed by atoms with Crippen LogP contribution in [0.15, 0.2) is 47.6 Å². The second kappa shape index (κ2) is 9.14. The van der Waals surface area contributed by atoms with Gasteiger partial charge in [0.2, 0.25) is 0 Å². The molecule has 0 saturated heterocycles. The fourth-order valence-electron chi connectivity index (χ4n) is 3.59. The van der Waals surface area contributed by atoms with E-state index in [0.29, 0.717) is 33.5 Å². The molecule has 0 spiro atoms. The highest BCUT2D eigenvalue weighted by atomic mass is 35.5. The number of rotatable bonds is 6. The molecule has 0 bridgehead atoms. The molecule has 9 heteroatoms. The molecule has 0 atom stereocenters. The highest BCUT2D eigenvalue weighted by Gasteiger charge is 2.13. The first kappa shape index (κ1) is 22.0. The van der Waals surface area contributed by atoms with Gasteiger partial charge in [-0.05, 0) is 56.7 Å². The van der Waals surface area contributed by atoms with Crippen molar-refractivity contribution in [3.05, 3.63) is 80.8 Å². The van der Waals surface area contributed by atoms with Gasteiger partial charge in [-0.3, -0.25) is 4.79 Å². The minimum atomic E-state index is -0.325. The summed E-state index contributed by atoms with van der Waals surface area (Å²) in [6, 6.07) is 12.9. The summed E-state index contributed by atoms with van der Waals surface area (Å²) < 4.78 is 3.78. The zero-order valence-electron chi connectivity index (χ0n) is 17.9. The van der Waals surface area contributed by atoms with E-state index in [4.69, 9.17) is 23.2 Å². The summed E-state index contributed by atoms with van der Waals surface area (Å²) in [6.45, 7) is 7.18. The van der Waals surface area contributed by atoms with E-state index in [1.807, 2.05) is 44.2 Å². The van der Waals surface area contributed by atoms with Crippen LogP contribution >= 0.6 is 23.2 Å². The van der Waals surface area contributed by atoms with E-state index >= 15 is 0 Å². The third kappa shape index (κ3) is 4.40. The summed E-state index contributed by atoms with van der Waals surface area (Å²) in [7, 11) is 0. The van der Waals surface area contributed by atoms with Crippen LogP contribution < -0.4 is 5.43 Å². The van der Waals surface area contributed by atoms with Crippen molar-refractivity contribution < 1.29 is 4.79 Å². The maximum atomic E-state index is 12.6. The van der Waals surface area contributed by atoms with Crippen molar-refractivity contribution in [2.75, 3.05) is 0 Å². The highest BCUT2D eigenvalue weighted by Crippen LogP contribution is 2.20. The fourth-order valence-corrected chi connectivity index (χ4v) is 4.00. The van der Waals surface area contributed by atoms with Gasteiger partial charge in [-0.15, -0.1) is 0 Å². The van der Waals surface area contributed by atoms with Gasteiger partial charge < -0.3 is 4.57 Å². The van der Waals surface area contributed by atoms with Crippen molar-refractivity contribution in [3.63, 3.8) is 0 Å². The second-order valence-electron chi connectivity index (χ2n) is 7.38. The molecule has 0 unspecified atom stereocenters. The zero-order valence-corrected chi connectivity index (χ0v) is 19.4. The Kier molecular flexibility index (Phi) is 6.30. The maximum absolute atomic E-state index is 12.6. The number of nitrogens with zero attached hydrogens (tertiary/aromatic N) is 5. The number of imidazole rings is 1. The minimum absolute atomic E-state index is 0.325. The Hall–Kier alpha value is -3.16. The van der Waals surface area contributed by atoms with Gasteiger partial charge in [-0.25, -0.2) is 15.1 Å². The van der Waals surface area contributed by atoms with Gasteiger partial charge in [0.05, 0.1) is 35.1 Å². The Morgan fingerprint density at radius 2 is 1.91 bits per heavy atom. The molecule has 4 aromatic rings. The molecule has 0 aliphatic heterocycles. The molecule has 2 heterocycles. The van der Waals surface area contributed by atoms with Crippen molar-refractivity contribution >= 4 is 46.4 Å². The van der Waals surface area contributed by atoms with Crippen molar-refractivity contribution in [1.29, 1.82) is 0 Å². The molecule has 0 radical (unpaired) electrons. The number of hydrazone groups is 1. The number of hydrogen-bond donors (Lipinski definition) is 1. The van der Waals surface area contributed by atoms with Crippen molar-refractivity contribution in [3.8, 4) is 0 Å². The summed E-state index contributed by atoms with van der Waals surface area (Å²) in [5.74, 6) is 0.591. The van der Waals surface area contributed by atoms with Crippen LogP contribution in [-0.4, -0.2) is 31.5 Å². The van der Waals surface area contributed by atoms with Crippen LogP contribution in [0.5, 0.6) is 0 Å².